The molecule has 13 heavy (non-hydrogen) atoms. The first kappa shape index (κ1) is 10.3. The monoisotopic (exact) mass is 241 g/mol. The van der Waals surface area contributed by atoms with E-state index in [9.17, 15) is 0 Å². The molecule has 3 N–H and O–H groups in total. The summed E-state index contributed by atoms with van der Waals surface area (Å²) in [5.41, 5.74) is 7.45. The minimum atomic E-state index is 0.187. The molecule has 0 radical (unpaired) electrons. The number of halogens is 1. The number of aliphatic hydroxyl groups excluding tert-OH is 1. The first-order valence-electron chi connectivity index (χ1n) is 4.06. The van der Waals surface area contributed by atoms with Crippen molar-refractivity contribution in [2.45, 2.75) is 6.42 Å². The van der Waals surface area contributed by atoms with E-state index in [4.69, 9.17) is 10.8 Å². The van der Waals surface area contributed by atoms with Gasteiger partial charge >= 0.3 is 0 Å². The molecule has 0 saturated carbocycles. The van der Waals surface area contributed by atoms with Gasteiger partial charge in [-0.15, -0.1) is 0 Å². The van der Waals surface area contributed by atoms with Crippen molar-refractivity contribution in [1.82, 2.24) is 0 Å². The van der Waals surface area contributed by atoms with Crippen molar-refractivity contribution in [1.29, 1.82) is 0 Å². The van der Waals surface area contributed by atoms with Gasteiger partial charge in [-0.1, -0.05) is 18.2 Å². The number of nitrogens with two attached hydrogens (primary N) is 1. The molecule has 0 unspecified atom stereocenters. The van der Waals surface area contributed by atoms with Gasteiger partial charge in [0, 0.05) is 16.8 Å². The highest BCUT2D eigenvalue weighted by atomic mass is 79.9. The highest BCUT2D eigenvalue weighted by Crippen LogP contribution is 2.20. The van der Waals surface area contributed by atoms with Crippen LogP contribution in [0.1, 0.15) is 12.0 Å². The summed E-state index contributed by atoms with van der Waals surface area (Å²) in [6, 6.07) is 5.74. The number of benzene rings is 1. The maximum Gasteiger partial charge on any atom is 0.0465 e. The molecular weight excluding hydrogens is 230 g/mol. The Morgan fingerprint density at radius 1 is 1.46 bits per heavy atom. The van der Waals surface area contributed by atoms with Gasteiger partial charge in [-0.25, -0.2) is 0 Å². The normalized spacial score (nSPS) is 10.9. The van der Waals surface area contributed by atoms with Crippen LogP contribution in [0.4, 0.5) is 5.69 Å². The predicted molar refractivity (Wildman–Crippen MR) is 59.3 cm³/mol. The van der Waals surface area contributed by atoms with Gasteiger partial charge in [0.2, 0.25) is 0 Å². The highest BCUT2D eigenvalue weighted by molar-refractivity contribution is 9.10. The zero-order valence-electron chi connectivity index (χ0n) is 7.20. The van der Waals surface area contributed by atoms with Gasteiger partial charge in [0.15, 0.2) is 0 Å². The Kier molecular flexibility index (Phi) is 3.99. The average Bonchev–Trinajstić information content (AvgIpc) is 2.12. The van der Waals surface area contributed by atoms with E-state index in [0.717, 1.165) is 15.7 Å². The molecule has 0 spiro atoms. The first-order valence-corrected chi connectivity index (χ1v) is 4.86. The Morgan fingerprint density at radius 3 is 2.85 bits per heavy atom. The summed E-state index contributed by atoms with van der Waals surface area (Å²) in [7, 11) is 0. The van der Waals surface area contributed by atoms with Gasteiger partial charge in [0.05, 0.1) is 0 Å². The van der Waals surface area contributed by atoms with Gasteiger partial charge < -0.3 is 10.8 Å². The van der Waals surface area contributed by atoms with Gasteiger partial charge in [-0.3, -0.25) is 0 Å². The molecule has 1 aromatic rings. The first-order chi connectivity index (χ1) is 6.24. The molecule has 0 aromatic heterocycles. The molecule has 0 saturated heterocycles. The van der Waals surface area contributed by atoms with Crippen LogP contribution in [0.3, 0.4) is 0 Å². The fourth-order valence-corrected chi connectivity index (χ4v) is 1.34. The van der Waals surface area contributed by atoms with Crippen LogP contribution in [0.15, 0.2) is 28.7 Å². The SMILES string of the molecule is Nc1ccc(C=CCCO)cc1Br. The topological polar surface area (TPSA) is 46.2 Å². The molecule has 0 aliphatic heterocycles. The van der Waals surface area contributed by atoms with Crippen LogP contribution in [0, 0.1) is 0 Å². The van der Waals surface area contributed by atoms with Crippen LogP contribution in [0.2, 0.25) is 0 Å². The Labute approximate surface area is 86.2 Å². The number of hydrogen-bond acceptors (Lipinski definition) is 2. The lowest BCUT2D eigenvalue weighted by atomic mass is 10.2. The molecular formula is C10H12BrNO. The summed E-state index contributed by atoms with van der Waals surface area (Å²) in [6.45, 7) is 0.187. The van der Waals surface area contributed by atoms with Crippen LogP contribution in [-0.2, 0) is 0 Å². The Morgan fingerprint density at radius 2 is 2.23 bits per heavy atom. The minimum Gasteiger partial charge on any atom is -0.398 e. The molecule has 0 aliphatic carbocycles. The number of anilines is 1. The largest absolute Gasteiger partial charge is 0.398 e. The van der Waals surface area contributed by atoms with Crippen molar-refractivity contribution in [2.24, 2.45) is 0 Å². The number of aliphatic hydroxyl groups is 1. The summed E-state index contributed by atoms with van der Waals surface area (Å²) in [4.78, 5) is 0. The van der Waals surface area contributed by atoms with E-state index < -0.39 is 0 Å². The van der Waals surface area contributed by atoms with E-state index in [2.05, 4.69) is 15.9 Å². The lowest BCUT2D eigenvalue weighted by molar-refractivity contribution is 0.303. The third-order valence-electron chi connectivity index (χ3n) is 1.63. The highest BCUT2D eigenvalue weighted by Gasteiger charge is 1.94. The van der Waals surface area contributed by atoms with E-state index in [0.29, 0.717) is 6.42 Å². The standard InChI is InChI=1S/C10H12BrNO/c11-9-7-8(3-1-2-6-13)4-5-10(9)12/h1,3-5,7,13H,2,6,12H2. The number of rotatable bonds is 3. The van der Waals surface area contributed by atoms with E-state index in [-0.39, 0.29) is 6.61 Å². The summed E-state index contributed by atoms with van der Waals surface area (Å²) in [6.07, 6.45) is 4.57. The van der Waals surface area contributed by atoms with Gasteiger partial charge in [0.1, 0.15) is 0 Å². The smallest absolute Gasteiger partial charge is 0.0465 e. The molecule has 0 heterocycles. The fraction of sp³-hybridized carbons (Fsp3) is 0.200. The quantitative estimate of drug-likeness (QED) is 0.799. The zero-order valence-corrected chi connectivity index (χ0v) is 8.79. The zero-order chi connectivity index (χ0) is 9.68. The third-order valence-corrected chi connectivity index (χ3v) is 2.32. The van der Waals surface area contributed by atoms with Crippen molar-refractivity contribution in [3.05, 3.63) is 34.3 Å². The second kappa shape index (κ2) is 5.04. The second-order valence-corrected chi connectivity index (χ2v) is 3.55. The molecule has 70 valence electrons. The van der Waals surface area contributed by atoms with Crippen LogP contribution in [0.5, 0.6) is 0 Å². The molecule has 0 atom stereocenters. The maximum atomic E-state index is 8.56. The molecule has 2 nitrogen and oxygen atoms in total. The van der Waals surface area contributed by atoms with Crippen molar-refractivity contribution in [3.8, 4) is 0 Å². The number of nitrogen functional groups attached to an aromatic ring is 1. The van der Waals surface area contributed by atoms with Crippen molar-refractivity contribution in [2.75, 3.05) is 12.3 Å². The average molecular weight is 242 g/mol. The summed E-state index contributed by atoms with van der Waals surface area (Å²) in [5, 5.41) is 8.56. The molecule has 0 fully saturated rings. The molecule has 0 amide bonds. The van der Waals surface area contributed by atoms with Crippen molar-refractivity contribution in [3.63, 3.8) is 0 Å². The van der Waals surface area contributed by atoms with Gasteiger partial charge in [0.25, 0.3) is 0 Å². The summed E-state index contributed by atoms with van der Waals surface area (Å²) < 4.78 is 0.902. The maximum absolute atomic E-state index is 8.56. The molecule has 0 bridgehead atoms. The van der Waals surface area contributed by atoms with Crippen molar-refractivity contribution < 1.29 is 5.11 Å². The summed E-state index contributed by atoms with van der Waals surface area (Å²) in [5.74, 6) is 0. The fourth-order valence-electron chi connectivity index (χ4n) is 0.941. The number of hydrogen-bond donors (Lipinski definition) is 2. The molecule has 0 aliphatic rings. The van der Waals surface area contributed by atoms with Crippen LogP contribution >= 0.6 is 15.9 Å². The van der Waals surface area contributed by atoms with Gasteiger partial charge in [-0.05, 0) is 40.0 Å². The van der Waals surface area contributed by atoms with E-state index in [1.807, 2.05) is 30.4 Å². The lowest BCUT2D eigenvalue weighted by Crippen LogP contribution is -1.86. The third kappa shape index (κ3) is 3.20. The minimum absolute atomic E-state index is 0.187. The van der Waals surface area contributed by atoms with Crippen LogP contribution in [-0.4, -0.2) is 11.7 Å². The summed E-state index contributed by atoms with van der Waals surface area (Å²) >= 11 is 3.35. The van der Waals surface area contributed by atoms with Crippen molar-refractivity contribution >= 4 is 27.7 Å². The second-order valence-electron chi connectivity index (χ2n) is 2.70. The molecule has 1 aromatic carbocycles. The van der Waals surface area contributed by atoms with E-state index >= 15 is 0 Å². The Balaban J connectivity index is 2.73. The predicted octanol–water partition coefficient (Wildman–Crippen LogP) is 2.43. The van der Waals surface area contributed by atoms with E-state index in [1.54, 1.807) is 0 Å². The van der Waals surface area contributed by atoms with E-state index in [1.165, 1.54) is 0 Å². The Bertz CT molecular complexity index is 310. The molecule has 3 heteroatoms. The Hall–Kier alpha value is -0.800. The molecule has 1 rings (SSSR count). The lowest BCUT2D eigenvalue weighted by Gasteiger charge is -1.98. The van der Waals surface area contributed by atoms with Gasteiger partial charge in [-0.2, -0.15) is 0 Å². The van der Waals surface area contributed by atoms with Crippen LogP contribution < -0.4 is 5.73 Å². The van der Waals surface area contributed by atoms with Crippen LogP contribution in [0.25, 0.3) is 6.08 Å².